The molecule has 27 heavy (non-hydrogen) atoms. The second-order valence-electron chi connectivity index (χ2n) is 6.80. The summed E-state index contributed by atoms with van der Waals surface area (Å²) in [6.45, 7) is 2.03. The number of nitrogens with zero attached hydrogens (tertiary/aromatic N) is 1. The van der Waals surface area contributed by atoms with Gasteiger partial charge in [0.25, 0.3) is 0 Å². The first-order chi connectivity index (χ1) is 13.1. The Bertz CT molecular complexity index is 1100. The Morgan fingerprint density at radius 2 is 1.74 bits per heavy atom. The Morgan fingerprint density at radius 1 is 0.963 bits per heavy atom. The lowest BCUT2D eigenvalue weighted by atomic mass is 10.0. The van der Waals surface area contributed by atoms with Crippen LogP contribution in [0.2, 0.25) is 5.02 Å². The van der Waals surface area contributed by atoms with Gasteiger partial charge in [0.2, 0.25) is 0 Å². The number of hydrogen-bond acceptors (Lipinski definition) is 2. The van der Waals surface area contributed by atoms with Gasteiger partial charge in [0.1, 0.15) is 11.6 Å². The number of nitrogens with one attached hydrogen (secondary N) is 1. The first-order valence-corrected chi connectivity index (χ1v) is 9.27. The quantitative estimate of drug-likeness (QED) is 0.498. The summed E-state index contributed by atoms with van der Waals surface area (Å²) in [5, 5.41) is 0.615. The molecule has 3 nitrogen and oxygen atoms in total. The topological polar surface area (TPSA) is 45.8 Å². The third-order valence-electron chi connectivity index (χ3n) is 4.56. The maximum absolute atomic E-state index is 12.5. The van der Waals surface area contributed by atoms with Crippen molar-refractivity contribution in [1.29, 1.82) is 0 Å². The van der Waals surface area contributed by atoms with Crippen LogP contribution in [0.3, 0.4) is 0 Å². The van der Waals surface area contributed by atoms with Crippen LogP contribution >= 0.6 is 11.6 Å². The van der Waals surface area contributed by atoms with Crippen LogP contribution in [0, 0.1) is 6.92 Å². The number of benzene rings is 3. The van der Waals surface area contributed by atoms with Gasteiger partial charge in [0, 0.05) is 18.4 Å². The van der Waals surface area contributed by atoms with E-state index in [0.29, 0.717) is 23.7 Å². The molecule has 0 radical (unpaired) electrons. The Balaban J connectivity index is 1.57. The summed E-state index contributed by atoms with van der Waals surface area (Å²) in [7, 11) is 0. The van der Waals surface area contributed by atoms with Gasteiger partial charge in [-0.05, 0) is 42.3 Å². The molecular weight excluding hydrogens is 356 g/mol. The van der Waals surface area contributed by atoms with Crippen LogP contribution < -0.4 is 0 Å². The van der Waals surface area contributed by atoms with E-state index in [0.717, 1.165) is 27.7 Å². The monoisotopic (exact) mass is 374 g/mol. The van der Waals surface area contributed by atoms with Crippen LogP contribution in [-0.2, 0) is 17.6 Å². The molecule has 0 atom stereocenters. The van der Waals surface area contributed by atoms with Gasteiger partial charge in [0.05, 0.1) is 16.1 Å². The number of aromatic amines is 1. The van der Waals surface area contributed by atoms with Gasteiger partial charge in [-0.15, -0.1) is 0 Å². The minimum absolute atomic E-state index is 0.179. The summed E-state index contributed by atoms with van der Waals surface area (Å²) in [5.74, 6) is 0.896. The molecule has 3 aromatic carbocycles. The molecule has 4 aromatic rings. The number of halogens is 1. The summed E-state index contributed by atoms with van der Waals surface area (Å²) in [5.41, 5.74) is 5.82. The number of Topliss-reactive ketones (excluding diaryl/α,β-unsaturated/α-hetero) is 1. The van der Waals surface area contributed by atoms with Gasteiger partial charge in [-0.25, -0.2) is 4.98 Å². The van der Waals surface area contributed by atoms with Gasteiger partial charge >= 0.3 is 0 Å². The zero-order valence-electron chi connectivity index (χ0n) is 15.0. The van der Waals surface area contributed by atoms with Gasteiger partial charge in [0.15, 0.2) is 0 Å². The molecule has 0 saturated heterocycles. The van der Waals surface area contributed by atoms with Crippen molar-refractivity contribution < 1.29 is 4.79 Å². The normalized spacial score (nSPS) is 11.0. The van der Waals surface area contributed by atoms with Gasteiger partial charge in [-0.3, -0.25) is 4.79 Å². The molecule has 0 aliphatic heterocycles. The first kappa shape index (κ1) is 17.5. The van der Waals surface area contributed by atoms with E-state index in [2.05, 4.69) is 16.0 Å². The van der Waals surface area contributed by atoms with E-state index < -0.39 is 0 Å². The number of fused-ring (bicyclic) bond motifs is 1. The van der Waals surface area contributed by atoms with Crippen molar-refractivity contribution in [2.45, 2.75) is 19.8 Å². The van der Waals surface area contributed by atoms with Gasteiger partial charge in [-0.2, -0.15) is 0 Å². The number of carbonyl (C=O) groups is 1. The molecule has 0 saturated carbocycles. The summed E-state index contributed by atoms with van der Waals surface area (Å²) in [6.07, 6.45) is 0.808. The fourth-order valence-electron chi connectivity index (χ4n) is 3.28. The van der Waals surface area contributed by atoms with Crippen molar-refractivity contribution in [1.82, 2.24) is 9.97 Å². The number of rotatable bonds is 5. The SMILES string of the molecule is Cc1cccc(CC(=O)Cc2ccc(Cl)c(-c3nc4ccccc4[nH]3)c2)c1. The predicted octanol–water partition coefficient (Wildman–Crippen LogP) is 5.55. The van der Waals surface area contributed by atoms with E-state index in [-0.39, 0.29) is 5.78 Å². The number of H-pyrrole nitrogens is 1. The highest BCUT2D eigenvalue weighted by atomic mass is 35.5. The highest BCUT2D eigenvalue weighted by Gasteiger charge is 2.12. The predicted molar refractivity (Wildman–Crippen MR) is 110 cm³/mol. The third kappa shape index (κ3) is 3.93. The second-order valence-corrected chi connectivity index (χ2v) is 7.21. The zero-order chi connectivity index (χ0) is 18.8. The summed E-state index contributed by atoms with van der Waals surface area (Å²) >= 11 is 6.40. The molecule has 0 fully saturated rings. The van der Waals surface area contributed by atoms with Crippen LogP contribution in [0.1, 0.15) is 16.7 Å². The van der Waals surface area contributed by atoms with E-state index in [1.54, 1.807) is 0 Å². The van der Waals surface area contributed by atoms with E-state index in [4.69, 9.17) is 11.6 Å². The van der Waals surface area contributed by atoms with E-state index in [1.807, 2.05) is 67.6 Å². The van der Waals surface area contributed by atoms with Crippen molar-refractivity contribution >= 4 is 28.4 Å². The maximum atomic E-state index is 12.5. The lowest BCUT2D eigenvalue weighted by Gasteiger charge is -2.06. The van der Waals surface area contributed by atoms with E-state index >= 15 is 0 Å². The highest BCUT2D eigenvalue weighted by molar-refractivity contribution is 6.33. The first-order valence-electron chi connectivity index (χ1n) is 8.89. The molecule has 134 valence electrons. The van der Waals surface area contributed by atoms with Crippen LogP contribution in [0.4, 0.5) is 0 Å². The number of para-hydroxylation sites is 2. The third-order valence-corrected chi connectivity index (χ3v) is 4.89. The molecule has 0 aliphatic carbocycles. The molecule has 4 heteroatoms. The van der Waals surface area contributed by atoms with Crippen molar-refractivity contribution in [2.75, 3.05) is 0 Å². The summed E-state index contributed by atoms with van der Waals surface area (Å²) < 4.78 is 0. The average molecular weight is 375 g/mol. The smallest absolute Gasteiger partial charge is 0.141 e. The standard InChI is InChI=1S/C23H19ClN2O/c1-15-5-4-6-16(11-15)12-18(27)13-17-9-10-20(24)19(14-17)23-25-21-7-2-3-8-22(21)26-23/h2-11,14H,12-13H2,1H3,(H,25,26). The van der Waals surface area contributed by atoms with Crippen LogP contribution in [-0.4, -0.2) is 15.8 Å². The molecular formula is C23H19ClN2O. The van der Waals surface area contributed by atoms with Gasteiger partial charge < -0.3 is 4.98 Å². The molecule has 0 bridgehead atoms. The van der Waals surface area contributed by atoms with Crippen molar-refractivity contribution in [2.24, 2.45) is 0 Å². The Kier molecular flexibility index (Phi) is 4.78. The molecule has 0 unspecified atom stereocenters. The number of aryl methyl sites for hydroxylation is 1. The second kappa shape index (κ2) is 7.37. The zero-order valence-corrected chi connectivity index (χ0v) is 15.8. The number of ketones is 1. The minimum Gasteiger partial charge on any atom is -0.338 e. The highest BCUT2D eigenvalue weighted by Crippen LogP contribution is 2.29. The Labute approximate surface area is 163 Å². The van der Waals surface area contributed by atoms with E-state index in [1.165, 1.54) is 5.56 Å². The lowest BCUT2D eigenvalue weighted by Crippen LogP contribution is -2.07. The molecule has 0 spiro atoms. The maximum Gasteiger partial charge on any atom is 0.141 e. The molecule has 0 amide bonds. The largest absolute Gasteiger partial charge is 0.338 e. The van der Waals surface area contributed by atoms with Gasteiger partial charge in [-0.1, -0.05) is 59.6 Å². The summed E-state index contributed by atoms with van der Waals surface area (Å²) in [6, 6.07) is 21.6. The van der Waals surface area contributed by atoms with Crippen molar-refractivity contribution in [3.05, 3.63) is 88.4 Å². The van der Waals surface area contributed by atoms with Crippen LogP contribution in [0.25, 0.3) is 22.4 Å². The van der Waals surface area contributed by atoms with Crippen LogP contribution in [0.15, 0.2) is 66.7 Å². The van der Waals surface area contributed by atoms with E-state index in [9.17, 15) is 4.79 Å². The molecule has 4 rings (SSSR count). The number of aromatic nitrogens is 2. The van der Waals surface area contributed by atoms with Crippen LogP contribution in [0.5, 0.6) is 0 Å². The Hall–Kier alpha value is -2.91. The molecule has 1 heterocycles. The Morgan fingerprint density at radius 3 is 2.52 bits per heavy atom. The lowest BCUT2D eigenvalue weighted by molar-refractivity contribution is -0.117. The molecule has 1 aromatic heterocycles. The average Bonchev–Trinajstić information content (AvgIpc) is 3.07. The van der Waals surface area contributed by atoms with Crippen molar-refractivity contribution in [3.63, 3.8) is 0 Å². The van der Waals surface area contributed by atoms with Crippen molar-refractivity contribution in [3.8, 4) is 11.4 Å². The number of imidazole rings is 1. The number of hydrogen-bond donors (Lipinski definition) is 1. The summed E-state index contributed by atoms with van der Waals surface area (Å²) in [4.78, 5) is 20.4. The molecule has 0 aliphatic rings. The fourth-order valence-corrected chi connectivity index (χ4v) is 3.49. The fraction of sp³-hybridized carbons (Fsp3) is 0.130. The minimum atomic E-state index is 0.179. The molecule has 1 N–H and O–H groups in total. The number of carbonyl (C=O) groups excluding carboxylic acids is 1.